The molecule has 8 heteroatoms. The van der Waals surface area contributed by atoms with Crippen molar-refractivity contribution in [3.8, 4) is 11.3 Å². The Hall–Kier alpha value is -3.58. The van der Waals surface area contributed by atoms with E-state index in [1.165, 1.54) is 0 Å². The second-order valence-corrected chi connectivity index (χ2v) is 7.23. The van der Waals surface area contributed by atoms with Gasteiger partial charge in [0.2, 0.25) is 5.91 Å². The number of carbonyl (C=O) groups excluding carboxylic acids is 2. The fourth-order valence-corrected chi connectivity index (χ4v) is 3.13. The Labute approximate surface area is 177 Å². The smallest absolute Gasteiger partial charge is 0.224 e. The van der Waals surface area contributed by atoms with Crippen LogP contribution in [0.25, 0.3) is 16.9 Å². The highest BCUT2D eigenvalue weighted by Crippen LogP contribution is 2.20. The minimum Gasteiger partial charge on any atom is -0.326 e. The van der Waals surface area contributed by atoms with Gasteiger partial charge in [-0.3, -0.25) is 9.59 Å². The monoisotopic (exact) mass is 419 g/mol. The van der Waals surface area contributed by atoms with Crippen LogP contribution in [0.1, 0.15) is 29.0 Å². The van der Waals surface area contributed by atoms with Gasteiger partial charge >= 0.3 is 0 Å². The maximum absolute atomic E-state index is 12.2. The molecule has 0 unspecified atom stereocenters. The Kier molecular flexibility index (Phi) is 5.54. The summed E-state index contributed by atoms with van der Waals surface area (Å²) in [6, 6.07) is 17.7. The van der Waals surface area contributed by atoms with Gasteiger partial charge in [0, 0.05) is 34.7 Å². The number of ketones is 1. The Morgan fingerprint density at radius 1 is 0.933 bits per heavy atom. The number of amides is 1. The molecule has 4 aromatic rings. The lowest BCUT2D eigenvalue weighted by molar-refractivity contribution is -0.116. The number of rotatable bonds is 6. The van der Waals surface area contributed by atoms with Crippen LogP contribution in [0.5, 0.6) is 0 Å². The Bertz CT molecular complexity index is 1220. The lowest BCUT2D eigenvalue weighted by atomic mass is 10.1. The van der Waals surface area contributed by atoms with Crippen molar-refractivity contribution >= 4 is 34.6 Å². The number of halogens is 1. The quantitative estimate of drug-likeness (QED) is 0.469. The van der Waals surface area contributed by atoms with Gasteiger partial charge in [0.15, 0.2) is 17.3 Å². The van der Waals surface area contributed by atoms with Crippen LogP contribution in [-0.4, -0.2) is 31.5 Å². The van der Waals surface area contributed by atoms with Crippen LogP contribution in [-0.2, 0) is 4.79 Å². The lowest BCUT2D eigenvalue weighted by Crippen LogP contribution is -2.13. The number of aromatic nitrogens is 4. The molecular weight excluding hydrogens is 402 g/mol. The van der Waals surface area contributed by atoms with E-state index >= 15 is 0 Å². The molecular formula is C22H18ClN5O2. The van der Waals surface area contributed by atoms with Crippen molar-refractivity contribution in [2.45, 2.75) is 19.8 Å². The number of nitrogens with zero attached hydrogens (tertiary/aromatic N) is 4. The van der Waals surface area contributed by atoms with Crippen molar-refractivity contribution in [1.82, 2.24) is 19.8 Å². The van der Waals surface area contributed by atoms with Crippen molar-refractivity contribution in [2.24, 2.45) is 0 Å². The van der Waals surface area contributed by atoms with Crippen molar-refractivity contribution in [3.05, 3.63) is 77.1 Å². The molecule has 2 heterocycles. The molecule has 1 N–H and O–H groups in total. The summed E-state index contributed by atoms with van der Waals surface area (Å²) in [4.78, 5) is 24.4. The number of benzene rings is 2. The molecule has 4 rings (SSSR count). The van der Waals surface area contributed by atoms with E-state index in [4.69, 9.17) is 11.6 Å². The summed E-state index contributed by atoms with van der Waals surface area (Å²) >= 11 is 5.83. The summed E-state index contributed by atoms with van der Waals surface area (Å²) < 4.78 is 1.68. The number of fused-ring (bicyclic) bond motifs is 1. The predicted molar refractivity (Wildman–Crippen MR) is 115 cm³/mol. The third kappa shape index (κ3) is 4.36. The van der Waals surface area contributed by atoms with Crippen molar-refractivity contribution in [2.75, 3.05) is 5.32 Å². The van der Waals surface area contributed by atoms with Crippen molar-refractivity contribution in [3.63, 3.8) is 0 Å². The Morgan fingerprint density at radius 2 is 1.67 bits per heavy atom. The number of hydrogen-bond donors (Lipinski definition) is 1. The molecule has 0 aliphatic rings. The first kappa shape index (κ1) is 19.7. The molecule has 7 nitrogen and oxygen atoms in total. The molecule has 2 aromatic carbocycles. The number of hydrogen-bond acceptors (Lipinski definition) is 5. The molecule has 0 spiro atoms. The lowest BCUT2D eigenvalue weighted by Gasteiger charge is -2.07. The van der Waals surface area contributed by atoms with Gasteiger partial charge in [-0.15, -0.1) is 10.2 Å². The zero-order valence-corrected chi connectivity index (χ0v) is 16.9. The fraction of sp³-hybridized carbons (Fsp3) is 0.136. The molecule has 0 aliphatic carbocycles. The highest BCUT2D eigenvalue weighted by molar-refractivity contribution is 6.30. The van der Waals surface area contributed by atoms with Gasteiger partial charge in [0.1, 0.15) is 0 Å². The first-order chi connectivity index (χ1) is 14.5. The van der Waals surface area contributed by atoms with Crippen LogP contribution in [0.15, 0.2) is 60.7 Å². The van der Waals surface area contributed by atoms with Crippen LogP contribution in [0.3, 0.4) is 0 Å². The van der Waals surface area contributed by atoms with Crippen molar-refractivity contribution in [1.29, 1.82) is 0 Å². The second kappa shape index (κ2) is 8.42. The van der Waals surface area contributed by atoms with E-state index in [1.54, 1.807) is 40.9 Å². The molecule has 0 radical (unpaired) electrons. The molecule has 150 valence electrons. The van der Waals surface area contributed by atoms with Gasteiger partial charge in [-0.25, -0.2) is 0 Å². The van der Waals surface area contributed by atoms with Crippen LogP contribution >= 0.6 is 11.6 Å². The molecule has 0 atom stereocenters. The van der Waals surface area contributed by atoms with Gasteiger partial charge in [-0.2, -0.15) is 9.61 Å². The molecule has 30 heavy (non-hydrogen) atoms. The highest BCUT2D eigenvalue weighted by Gasteiger charge is 2.10. The largest absolute Gasteiger partial charge is 0.326 e. The second-order valence-electron chi connectivity index (χ2n) is 6.79. The molecule has 0 saturated heterocycles. The summed E-state index contributed by atoms with van der Waals surface area (Å²) in [6.45, 7) is 1.84. The van der Waals surface area contributed by atoms with E-state index in [0.29, 0.717) is 27.7 Å². The normalized spacial score (nSPS) is 10.9. The summed E-state index contributed by atoms with van der Waals surface area (Å²) in [7, 11) is 0. The average Bonchev–Trinajstić information content (AvgIpc) is 3.13. The third-order valence-electron chi connectivity index (χ3n) is 4.63. The van der Waals surface area contributed by atoms with Gasteiger partial charge < -0.3 is 5.32 Å². The fourth-order valence-electron chi connectivity index (χ4n) is 3.01. The summed E-state index contributed by atoms with van der Waals surface area (Å²) in [5, 5.41) is 15.9. The first-order valence-corrected chi connectivity index (χ1v) is 9.75. The molecule has 0 aliphatic heterocycles. The zero-order valence-electron chi connectivity index (χ0n) is 16.2. The summed E-state index contributed by atoms with van der Waals surface area (Å²) in [5.74, 6) is 0.400. The number of carbonyl (C=O) groups is 2. The first-order valence-electron chi connectivity index (χ1n) is 9.38. The summed E-state index contributed by atoms with van der Waals surface area (Å²) in [6.07, 6.45) is 0.238. The van der Waals surface area contributed by atoms with E-state index in [-0.39, 0.29) is 24.5 Å². The molecule has 2 aromatic heterocycles. The summed E-state index contributed by atoms with van der Waals surface area (Å²) in [5.41, 5.74) is 3.57. The Balaban J connectivity index is 1.36. The van der Waals surface area contributed by atoms with Gasteiger partial charge in [0.05, 0.1) is 5.69 Å². The zero-order chi connectivity index (χ0) is 21.1. The van der Waals surface area contributed by atoms with E-state index in [9.17, 15) is 9.59 Å². The van der Waals surface area contributed by atoms with Crippen LogP contribution in [0.2, 0.25) is 5.02 Å². The standard InChI is InChI=1S/C22H18ClN5O2/c1-14-25-26-21-12-10-19(27-28(14)21)15-4-8-18(9-5-15)24-22(30)13-11-20(29)16-2-6-17(23)7-3-16/h2-10,12H,11,13H2,1H3,(H,24,30). The maximum atomic E-state index is 12.2. The molecule has 0 saturated carbocycles. The molecule has 1 amide bonds. The third-order valence-corrected chi connectivity index (χ3v) is 4.88. The van der Waals surface area contributed by atoms with Gasteiger partial charge in [-0.05, 0) is 55.5 Å². The Morgan fingerprint density at radius 3 is 2.40 bits per heavy atom. The van der Waals surface area contributed by atoms with E-state index < -0.39 is 0 Å². The predicted octanol–water partition coefficient (Wildman–Crippen LogP) is 4.35. The SMILES string of the molecule is Cc1nnc2ccc(-c3ccc(NC(=O)CCC(=O)c4ccc(Cl)cc4)cc3)nn12. The van der Waals surface area contributed by atoms with Crippen LogP contribution in [0, 0.1) is 6.92 Å². The van der Waals surface area contributed by atoms with E-state index in [1.807, 2.05) is 31.2 Å². The van der Waals surface area contributed by atoms with Gasteiger partial charge in [0.25, 0.3) is 0 Å². The highest BCUT2D eigenvalue weighted by atomic mass is 35.5. The molecule has 0 fully saturated rings. The topological polar surface area (TPSA) is 89.2 Å². The average molecular weight is 420 g/mol. The van der Waals surface area contributed by atoms with E-state index in [0.717, 1.165) is 11.3 Å². The number of anilines is 1. The van der Waals surface area contributed by atoms with Crippen LogP contribution < -0.4 is 5.32 Å². The van der Waals surface area contributed by atoms with E-state index in [2.05, 4.69) is 20.6 Å². The minimum absolute atomic E-state index is 0.0945. The molecule has 0 bridgehead atoms. The van der Waals surface area contributed by atoms with Crippen LogP contribution in [0.4, 0.5) is 5.69 Å². The maximum Gasteiger partial charge on any atom is 0.224 e. The van der Waals surface area contributed by atoms with Gasteiger partial charge in [-0.1, -0.05) is 23.7 Å². The minimum atomic E-state index is -0.218. The number of aryl methyl sites for hydroxylation is 1. The van der Waals surface area contributed by atoms with Crippen molar-refractivity contribution < 1.29 is 9.59 Å². The number of nitrogens with one attached hydrogen (secondary N) is 1. The number of Topliss-reactive ketones (excluding diaryl/α,β-unsaturated/α-hetero) is 1.